The number of nitrogens with one attached hydrogen (secondary N) is 1. The lowest BCUT2D eigenvalue weighted by Gasteiger charge is -2.12. The molecule has 0 saturated heterocycles. The van der Waals surface area contributed by atoms with Gasteiger partial charge in [-0.2, -0.15) is 0 Å². The number of carbonyl (C=O) groups excluding carboxylic acids is 1. The molecule has 94 valence electrons. The quantitative estimate of drug-likeness (QED) is 0.792. The molecule has 1 amide bonds. The van der Waals surface area contributed by atoms with Gasteiger partial charge in [0.05, 0.1) is 11.9 Å². The Morgan fingerprint density at radius 3 is 2.59 bits per heavy atom. The molecule has 0 saturated carbocycles. The predicted octanol–water partition coefficient (Wildman–Crippen LogP) is 2.36. The standard InChI is InChI=1S/C13H19NO2S/c1-9(2)14-13(16)8-17-12-7-5-4-6-11(12)10(3)15/h4-7,9-10,15H,8H2,1-3H3,(H,14,16). The third-order valence-corrected chi connectivity index (χ3v) is 3.27. The molecule has 0 aliphatic carbocycles. The summed E-state index contributed by atoms with van der Waals surface area (Å²) in [5, 5.41) is 12.4. The first-order valence-corrected chi connectivity index (χ1v) is 6.68. The maximum Gasteiger partial charge on any atom is 0.230 e. The number of benzene rings is 1. The van der Waals surface area contributed by atoms with E-state index in [2.05, 4.69) is 5.32 Å². The fraction of sp³-hybridized carbons (Fsp3) is 0.462. The minimum Gasteiger partial charge on any atom is -0.389 e. The summed E-state index contributed by atoms with van der Waals surface area (Å²) < 4.78 is 0. The highest BCUT2D eigenvalue weighted by Crippen LogP contribution is 2.26. The Hall–Kier alpha value is -1.00. The van der Waals surface area contributed by atoms with Crippen molar-refractivity contribution < 1.29 is 9.90 Å². The van der Waals surface area contributed by atoms with E-state index in [-0.39, 0.29) is 11.9 Å². The van der Waals surface area contributed by atoms with Crippen LogP contribution in [0.2, 0.25) is 0 Å². The van der Waals surface area contributed by atoms with Crippen LogP contribution in [-0.2, 0) is 4.79 Å². The van der Waals surface area contributed by atoms with Gasteiger partial charge in [-0.25, -0.2) is 0 Å². The molecule has 0 aliphatic rings. The highest BCUT2D eigenvalue weighted by atomic mass is 32.2. The number of hydrogen-bond donors (Lipinski definition) is 2. The van der Waals surface area contributed by atoms with Crippen LogP contribution in [-0.4, -0.2) is 22.8 Å². The van der Waals surface area contributed by atoms with Gasteiger partial charge in [-0.15, -0.1) is 11.8 Å². The van der Waals surface area contributed by atoms with Gasteiger partial charge in [0.1, 0.15) is 0 Å². The van der Waals surface area contributed by atoms with Crippen LogP contribution >= 0.6 is 11.8 Å². The predicted molar refractivity (Wildman–Crippen MR) is 71.1 cm³/mol. The molecule has 0 spiro atoms. The molecule has 1 atom stereocenters. The average Bonchev–Trinajstić information content (AvgIpc) is 2.25. The Balaban J connectivity index is 2.60. The van der Waals surface area contributed by atoms with Crippen molar-refractivity contribution in [2.24, 2.45) is 0 Å². The van der Waals surface area contributed by atoms with Crippen molar-refractivity contribution in [2.75, 3.05) is 5.75 Å². The zero-order valence-electron chi connectivity index (χ0n) is 10.4. The van der Waals surface area contributed by atoms with Crippen molar-refractivity contribution >= 4 is 17.7 Å². The topological polar surface area (TPSA) is 49.3 Å². The summed E-state index contributed by atoms with van der Waals surface area (Å²) in [5.41, 5.74) is 0.870. The van der Waals surface area contributed by atoms with Crippen LogP contribution in [0.5, 0.6) is 0 Å². The van der Waals surface area contributed by atoms with Crippen LogP contribution in [0.3, 0.4) is 0 Å². The van der Waals surface area contributed by atoms with Gasteiger partial charge in [-0.1, -0.05) is 18.2 Å². The lowest BCUT2D eigenvalue weighted by atomic mass is 10.1. The number of aliphatic hydroxyl groups is 1. The van der Waals surface area contributed by atoms with Crippen molar-refractivity contribution in [3.8, 4) is 0 Å². The number of thioether (sulfide) groups is 1. The summed E-state index contributed by atoms with van der Waals surface area (Å²) in [5.74, 6) is 0.396. The molecule has 0 fully saturated rings. The van der Waals surface area contributed by atoms with Gasteiger partial charge in [-0.05, 0) is 32.4 Å². The van der Waals surface area contributed by atoms with Crippen molar-refractivity contribution in [1.29, 1.82) is 0 Å². The third-order valence-electron chi connectivity index (χ3n) is 2.18. The molecule has 4 heteroatoms. The molecule has 3 nitrogen and oxygen atoms in total. The second kappa shape index (κ2) is 6.67. The highest BCUT2D eigenvalue weighted by Gasteiger charge is 2.10. The van der Waals surface area contributed by atoms with E-state index in [0.29, 0.717) is 5.75 Å². The van der Waals surface area contributed by atoms with Crippen molar-refractivity contribution in [3.05, 3.63) is 29.8 Å². The van der Waals surface area contributed by atoms with Crippen molar-refractivity contribution in [2.45, 2.75) is 37.8 Å². The van der Waals surface area contributed by atoms with E-state index in [1.54, 1.807) is 6.92 Å². The second-order valence-corrected chi connectivity index (χ2v) is 5.24. The minimum atomic E-state index is -0.508. The van der Waals surface area contributed by atoms with E-state index in [4.69, 9.17) is 0 Å². The van der Waals surface area contributed by atoms with Crippen molar-refractivity contribution in [3.63, 3.8) is 0 Å². The summed E-state index contributed by atoms with van der Waals surface area (Å²) in [4.78, 5) is 12.5. The summed E-state index contributed by atoms with van der Waals surface area (Å²) in [6.07, 6.45) is -0.508. The van der Waals surface area contributed by atoms with E-state index >= 15 is 0 Å². The molecule has 1 aromatic carbocycles. The molecule has 0 aliphatic heterocycles. The first kappa shape index (κ1) is 14.1. The van der Waals surface area contributed by atoms with Crippen LogP contribution < -0.4 is 5.32 Å². The maximum atomic E-state index is 11.5. The van der Waals surface area contributed by atoms with Gasteiger partial charge < -0.3 is 10.4 Å². The molecule has 0 heterocycles. The number of carbonyl (C=O) groups is 1. The average molecular weight is 253 g/mol. The largest absolute Gasteiger partial charge is 0.389 e. The Morgan fingerprint density at radius 2 is 2.00 bits per heavy atom. The van der Waals surface area contributed by atoms with Gasteiger partial charge >= 0.3 is 0 Å². The highest BCUT2D eigenvalue weighted by molar-refractivity contribution is 8.00. The molecule has 1 rings (SSSR count). The molecule has 2 N–H and O–H groups in total. The summed E-state index contributed by atoms with van der Waals surface area (Å²) in [6.45, 7) is 5.60. The zero-order chi connectivity index (χ0) is 12.8. The zero-order valence-corrected chi connectivity index (χ0v) is 11.3. The first-order valence-electron chi connectivity index (χ1n) is 5.70. The van der Waals surface area contributed by atoms with Gasteiger partial charge in [0.15, 0.2) is 0 Å². The summed E-state index contributed by atoms with van der Waals surface area (Å²) in [6, 6.07) is 7.77. The van der Waals surface area contributed by atoms with E-state index in [1.165, 1.54) is 11.8 Å². The third kappa shape index (κ3) is 4.79. The number of aliphatic hydroxyl groups excluding tert-OH is 1. The molecule has 1 aromatic rings. The second-order valence-electron chi connectivity index (χ2n) is 4.22. The smallest absolute Gasteiger partial charge is 0.230 e. The fourth-order valence-corrected chi connectivity index (χ4v) is 2.41. The van der Waals surface area contributed by atoms with Gasteiger partial charge in [0, 0.05) is 10.9 Å². The SMILES string of the molecule is CC(C)NC(=O)CSc1ccccc1C(C)O. The van der Waals surface area contributed by atoms with Crippen molar-refractivity contribution in [1.82, 2.24) is 5.32 Å². The number of amides is 1. The molecular formula is C13H19NO2S. The maximum absolute atomic E-state index is 11.5. The van der Waals surface area contributed by atoms with Crippen LogP contribution in [0.4, 0.5) is 0 Å². The molecule has 0 bridgehead atoms. The number of hydrogen-bond acceptors (Lipinski definition) is 3. The Morgan fingerprint density at radius 1 is 1.35 bits per heavy atom. The van der Waals surface area contributed by atoms with Crippen LogP contribution in [0, 0.1) is 0 Å². The van der Waals surface area contributed by atoms with E-state index in [1.807, 2.05) is 38.1 Å². The molecule has 1 unspecified atom stereocenters. The van der Waals surface area contributed by atoms with Gasteiger partial charge in [0.2, 0.25) is 5.91 Å². The molecule has 0 aromatic heterocycles. The molecule has 17 heavy (non-hydrogen) atoms. The number of rotatable bonds is 5. The normalized spacial score (nSPS) is 12.5. The minimum absolute atomic E-state index is 0.0189. The molecule has 0 radical (unpaired) electrons. The lowest BCUT2D eigenvalue weighted by molar-refractivity contribution is -0.119. The monoisotopic (exact) mass is 253 g/mol. The van der Waals surface area contributed by atoms with Crippen LogP contribution in [0.25, 0.3) is 0 Å². The summed E-state index contributed by atoms with van der Waals surface area (Å²) in [7, 11) is 0. The Kier molecular flexibility index (Phi) is 5.51. The van der Waals surface area contributed by atoms with E-state index in [0.717, 1.165) is 10.5 Å². The Bertz CT molecular complexity index is 377. The fourth-order valence-electron chi connectivity index (χ4n) is 1.46. The van der Waals surface area contributed by atoms with Crippen LogP contribution in [0.15, 0.2) is 29.2 Å². The lowest BCUT2D eigenvalue weighted by Crippen LogP contribution is -2.31. The Labute approximate surface area is 107 Å². The van der Waals surface area contributed by atoms with Crippen LogP contribution in [0.1, 0.15) is 32.4 Å². The van der Waals surface area contributed by atoms with E-state index < -0.39 is 6.10 Å². The van der Waals surface area contributed by atoms with E-state index in [9.17, 15) is 9.90 Å². The summed E-state index contributed by atoms with van der Waals surface area (Å²) >= 11 is 1.45. The first-order chi connectivity index (χ1) is 8.00. The van der Waals surface area contributed by atoms with Gasteiger partial charge in [0.25, 0.3) is 0 Å². The molecular weight excluding hydrogens is 234 g/mol. The van der Waals surface area contributed by atoms with Gasteiger partial charge in [-0.3, -0.25) is 4.79 Å².